The van der Waals surface area contributed by atoms with E-state index in [0.29, 0.717) is 17.6 Å². The molecule has 0 aromatic heterocycles. The summed E-state index contributed by atoms with van der Waals surface area (Å²) in [4.78, 5) is 0. The average molecular weight is 369 g/mol. The van der Waals surface area contributed by atoms with Gasteiger partial charge in [0.2, 0.25) is 0 Å². The molecule has 0 saturated carbocycles. The number of aliphatic hydroxyl groups is 1. The Labute approximate surface area is 114 Å². The van der Waals surface area contributed by atoms with Gasteiger partial charge in [-0.2, -0.15) is 0 Å². The quantitative estimate of drug-likeness (QED) is 0.271. The van der Waals surface area contributed by atoms with Crippen molar-refractivity contribution < 1.29 is 42.7 Å². The third-order valence-electron chi connectivity index (χ3n) is 1.38. The maximum atomic E-state index is 11.7. The highest BCUT2D eigenvalue weighted by Crippen LogP contribution is 2.57. The predicted octanol–water partition coefficient (Wildman–Crippen LogP) is -1.39. The lowest BCUT2D eigenvalue weighted by atomic mass is 10.5. The number of likely N-dealkylation sites (N-methyl/N-ethyl adjacent to an activating group) is 1. The first-order valence-electron chi connectivity index (χ1n) is 4.55. The molecule has 0 fully saturated rings. The van der Waals surface area contributed by atoms with E-state index in [1.54, 1.807) is 13.6 Å². The molecular formula is C8H21INO3PS. The van der Waals surface area contributed by atoms with E-state index in [2.05, 4.69) is 0 Å². The van der Waals surface area contributed by atoms with Gasteiger partial charge in [0.25, 0.3) is 6.57 Å². The van der Waals surface area contributed by atoms with E-state index in [1.807, 2.05) is 21.1 Å². The summed E-state index contributed by atoms with van der Waals surface area (Å²) in [6.07, 6.45) is 0. The van der Waals surface area contributed by atoms with Crippen LogP contribution in [0.5, 0.6) is 0 Å². The van der Waals surface area contributed by atoms with E-state index in [0.717, 1.165) is 11.4 Å². The Kier molecular flexibility index (Phi) is 9.28. The normalized spacial score (nSPS) is 17.7. The van der Waals surface area contributed by atoms with Crippen LogP contribution in [-0.4, -0.2) is 56.0 Å². The van der Waals surface area contributed by atoms with E-state index < -0.39 is 12.0 Å². The van der Waals surface area contributed by atoms with Crippen LogP contribution >= 0.6 is 18.0 Å². The maximum Gasteiger partial charge on any atom is 0.257 e. The molecule has 7 heteroatoms. The molecule has 0 amide bonds. The van der Waals surface area contributed by atoms with Gasteiger partial charge in [0.05, 0.1) is 27.7 Å². The zero-order valence-corrected chi connectivity index (χ0v) is 13.8. The van der Waals surface area contributed by atoms with Crippen LogP contribution in [0.4, 0.5) is 0 Å². The largest absolute Gasteiger partial charge is 1.00 e. The Balaban J connectivity index is 0. The molecule has 0 saturated heterocycles. The maximum absolute atomic E-state index is 11.7. The second-order valence-corrected chi connectivity index (χ2v) is 9.40. The van der Waals surface area contributed by atoms with Gasteiger partial charge in [-0.3, -0.25) is 4.57 Å². The van der Waals surface area contributed by atoms with Gasteiger partial charge in [-0.15, -0.1) is 0 Å². The number of hydrogen-bond donors (Lipinski definition) is 1. The molecule has 2 unspecified atom stereocenters. The molecule has 0 rings (SSSR count). The van der Waals surface area contributed by atoms with Crippen LogP contribution in [0.2, 0.25) is 0 Å². The second-order valence-electron chi connectivity index (χ2n) is 4.22. The summed E-state index contributed by atoms with van der Waals surface area (Å²) in [6.45, 7) is 1.62. The fourth-order valence-corrected chi connectivity index (χ4v) is 4.50. The third-order valence-corrected chi connectivity index (χ3v) is 5.08. The first-order chi connectivity index (χ1) is 6.16. The molecule has 0 spiro atoms. The van der Waals surface area contributed by atoms with Crippen molar-refractivity contribution in [2.24, 2.45) is 0 Å². The predicted molar refractivity (Wildman–Crippen MR) is 61.7 cm³/mol. The molecule has 0 radical (unpaired) electrons. The van der Waals surface area contributed by atoms with Crippen LogP contribution in [0.15, 0.2) is 0 Å². The Morgan fingerprint density at radius 2 is 1.93 bits per heavy atom. The number of rotatable bonds is 6. The van der Waals surface area contributed by atoms with Gasteiger partial charge in [0.15, 0.2) is 5.44 Å². The van der Waals surface area contributed by atoms with Crippen molar-refractivity contribution in [3.63, 3.8) is 0 Å². The Morgan fingerprint density at radius 1 is 1.47 bits per heavy atom. The highest BCUT2D eigenvalue weighted by molar-refractivity contribution is 8.56. The Hall–Kier alpha value is 1.19. The minimum atomic E-state index is -2.68. The zero-order valence-electron chi connectivity index (χ0n) is 9.94. The van der Waals surface area contributed by atoms with Crippen LogP contribution in [0.3, 0.4) is 0 Å². The summed E-state index contributed by atoms with van der Waals surface area (Å²) >= 11 is 1.03. The van der Waals surface area contributed by atoms with Crippen LogP contribution in [0, 0.1) is 0 Å². The monoisotopic (exact) mass is 369 g/mol. The van der Waals surface area contributed by atoms with E-state index in [4.69, 9.17) is 4.52 Å². The van der Waals surface area contributed by atoms with Gasteiger partial charge in [0.1, 0.15) is 6.54 Å². The molecule has 4 nitrogen and oxygen atoms in total. The average Bonchev–Trinajstić information content (AvgIpc) is 1.78. The first-order valence-corrected chi connectivity index (χ1v) is 8.11. The standard InChI is InChI=1S/C8H21NO3PS.HI/c1-6-12-13(5,11)14-8(10)7-9(2,3)4;/h8,10H,6-7H2,1-5H3;1H/q+1;/p-1. The SMILES string of the molecule is CCOP(C)(=O)SC(O)C[N+](C)(C)C.[I-]. The Bertz CT molecular complexity index is 222. The first kappa shape index (κ1) is 18.6. The van der Waals surface area contributed by atoms with Gasteiger partial charge < -0.3 is 38.1 Å². The Morgan fingerprint density at radius 3 is 2.27 bits per heavy atom. The summed E-state index contributed by atoms with van der Waals surface area (Å²) in [6, 6.07) is 0. The van der Waals surface area contributed by atoms with Crippen molar-refractivity contribution in [1.82, 2.24) is 0 Å². The van der Waals surface area contributed by atoms with Gasteiger partial charge in [-0.1, -0.05) is 0 Å². The van der Waals surface area contributed by atoms with Crippen LogP contribution < -0.4 is 24.0 Å². The van der Waals surface area contributed by atoms with Gasteiger partial charge in [-0.05, 0) is 18.3 Å². The lowest BCUT2D eigenvalue weighted by molar-refractivity contribution is -0.871. The summed E-state index contributed by atoms with van der Waals surface area (Å²) in [5.74, 6) is 0. The van der Waals surface area contributed by atoms with Crippen molar-refractivity contribution >= 4 is 18.0 Å². The molecule has 0 aromatic rings. The summed E-state index contributed by atoms with van der Waals surface area (Å²) in [7, 11) is 5.93. The highest BCUT2D eigenvalue weighted by Gasteiger charge is 2.25. The molecule has 1 N–H and O–H groups in total. The number of quaternary nitrogens is 1. The molecule has 2 atom stereocenters. The lowest BCUT2D eigenvalue weighted by Gasteiger charge is -2.27. The molecule has 15 heavy (non-hydrogen) atoms. The molecule has 94 valence electrons. The number of hydrogen-bond acceptors (Lipinski definition) is 4. The topological polar surface area (TPSA) is 46.5 Å². The number of aliphatic hydroxyl groups excluding tert-OH is 1. The van der Waals surface area contributed by atoms with E-state index in [1.165, 1.54) is 0 Å². The van der Waals surface area contributed by atoms with Gasteiger partial charge in [-0.25, -0.2) is 0 Å². The summed E-state index contributed by atoms with van der Waals surface area (Å²) in [5.41, 5.74) is -0.641. The van der Waals surface area contributed by atoms with Crippen LogP contribution in [-0.2, 0) is 9.09 Å². The smallest absolute Gasteiger partial charge is 0.257 e. The van der Waals surface area contributed by atoms with E-state index >= 15 is 0 Å². The third kappa shape index (κ3) is 11.5. The van der Waals surface area contributed by atoms with Crippen molar-refractivity contribution in [2.45, 2.75) is 12.4 Å². The molecular weight excluding hydrogens is 348 g/mol. The lowest BCUT2D eigenvalue weighted by Crippen LogP contribution is -3.00. The minimum Gasteiger partial charge on any atom is -1.00 e. The fourth-order valence-electron chi connectivity index (χ4n) is 0.988. The van der Waals surface area contributed by atoms with Crippen molar-refractivity contribution in [3.05, 3.63) is 0 Å². The van der Waals surface area contributed by atoms with Crippen LogP contribution in [0.1, 0.15) is 6.92 Å². The fraction of sp³-hybridized carbons (Fsp3) is 1.00. The molecule has 0 aliphatic carbocycles. The summed E-state index contributed by atoms with van der Waals surface area (Å²) < 4.78 is 17.4. The molecule has 0 aromatic carbocycles. The summed E-state index contributed by atoms with van der Waals surface area (Å²) in [5, 5.41) is 9.64. The molecule has 0 aliphatic heterocycles. The van der Waals surface area contributed by atoms with Crippen molar-refractivity contribution in [3.8, 4) is 0 Å². The minimum absolute atomic E-state index is 0. The van der Waals surface area contributed by atoms with Crippen molar-refractivity contribution in [1.29, 1.82) is 0 Å². The van der Waals surface area contributed by atoms with Gasteiger partial charge >= 0.3 is 0 Å². The zero-order chi connectivity index (χ0) is 11.4. The molecule has 0 heterocycles. The number of nitrogens with zero attached hydrogens (tertiary/aromatic N) is 1. The van der Waals surface area contributed by atoms with E-state index in [-0.39, 0.29) is 24.0 Å². The molecule has 0 bridgehead atoms. The van der Waals surface area contributed by atoms with Gasteiger partial charge in [0, 0.05) is 6.66 Å². The van der Waals surface area contributed by atoms with Crippen molar-refractivity contribution in [2.75, 3.05) is 41.0 Å². The highest BCUT2D eigenvalue weighted by atomic mass is 127. The second kappa shape index (κ2) is 7.50. The van der Waals surface area contributed by atoms with E-state index in [9.17, 15) is 9.67 Å². The number of halogens is 1. The van der Waals surface area contributed by atoms with Crippen LogP contribution in [0.25, 0.3) is 0 Å². The molecule has 0 aliphatic rings.